The molecule has 0 aromatic heterocycles. The Bertz CT molecular complexity index is 852. The summed E-state index contributed by atoms with van der Waals surface area (Å²) in [4.78, 5) is 12.1. The summed E-state index contributed by atoms with van der Waals surface area (Å²) in [6, 6.07) is 13.1. The van der Waals surface area contributed by atoms with Crippen LogP contribution in [0.5, 0.6) is 11.5 Å². The molecule has 2 aromatic rings. The van der Waals surface area contributed by atoms with E-state index in [2.05, 4.69) is 15.9 Å². The van der Waals surface area contributed by atoms with Crippen LogP contribution in [0.4, 0.5) is 0 Å². The van der Waals surface area contributed by atoms with Crippen molar-refractivity contribution in [2.75, 3.05) is 14.2 Å². The first-order valence-electron chi connectivity index (χ1n) is 7.24. The normalized spacial score (nSPS) is 15.2. The number of methoxy groups -OCH3 is 2. The van der Waals surface area contributed by atoms with Gasteiger partial charge in [0.25, 0.3) is 0 Å². The van der Waals surface area contributed by atoms with Crippen molar-refractivity contribution in [3.8, 4) is 11.5 Å². The van der Waals surface area contributed by atoms with Crippen LogP contribution in [0.15, 0.2) is 58.6 Å². The van der Waals surface area contributed by atoms with Gasteiger partial charge in [-0.3, -0.25) is 0 Å². The Morgan fingerprint density at radius 3 is 2.54 bits per heavy atom. The number of esters is 1. The largest absolute Gasteiger partial charge is 0.493 e. The second-order valence-electron chi connectivity index (χ2n) is 5.12. The molecular formula is C19H15BrO4. The fourth-order valence-corrected chi connectivity index (χ4v) is 2.81. The van der Waals surface area contributed by atoms with Crippen molar-refractivity contribution in [3.63, 3.8) is 0 Å². The number of ether oxygens (including phenoxy) is 3. The van der Waals surface area contributed by atoms with Crippen molar-refractivity contribution < 1.29 is 19.0 Å². The quantitative estimate of drug-likeness (QED) is 0.575. The first-order chi connectivity index (χ1) is 11.6. The molecule has 0 unspecified atom stereocenters. The van der Waals surface area contributed by atoms with Crippen molar-refractivity contribution in [2.45, 2.75) is 0 Å². The molecule has 5 heteroatoms. The van der Waals surface area contributed by atoms with Gasteiger partial charge in [-0.05, 0) is 48.0 Å². The van der Waals surface area contributed by atoms with Crippen LogP contribution >= 0.6 is 15.9 Å². The highest BCUT2D eigenvalue weighted by Crippen LogP contribution is 2.34. The summed E-state index contributed by atoms with van der Waals surface area (Å²) < 4.78 is 16.8. The van der Waals surface area contributed by atoms with Gasteiger partial charge in [0.05, 0.1) is 19.8 Å². The van der Waals surface area contributed by atoms with E-state index in [9.17, 15) is 4.79 Å². The van der Waals surface area contributed by atoms with Crippen LogP contribution in [0.2, 0.25) is 0 Å². The van der Waals surface area contributed by atoms with Gasteiger partial charge in [-0.1, -0.05) is 28.1 Å². The van der Waals surface area contributed by atoms with Gasteiger partial charge in [0.2, 0.25) is 0 Å². The van der Waals surface area contributed by atoms with E-state index in [0.717, 1.165) is 15.6 Å². The lowest BCUT2D eigenvalue weighted by Gasteiger charge is -2.09. The van der Waals surface area contributed by atoms with Gasteiger partial charge in [-0.2, -0.15) is 0 Å². The number of rotatable bonds is 4. The molecule has 1 heterocycles. The third-order valence-corrected chi connectivity index (χ3v) is 4.06. The van der Waals surface area contributed by atoms with E-state index in [0.29, 0.717) is 22.8 Å². The molecule has 0 fully saturated rings. The fourth-order valence-electron chi connectivity index (χ4n) is 2.40. The summed E-state index contributed by atoms with van der Waals surface area (Å²) in [6.45, 7) is 0. The van der Waals surface area contributed by atoms with Crippen molar-refractivity contribution in [3.05, 3.63) is 69.7 Å². The van der Waals surface area contributed by atoms with Gasteiger partial charge in [0.1, 0.15) is 5.76 Å². The van der Waals surface area contributed by atoms with Crippen LogP contribution < -0.4 is 9.47 Å². The zero-order valence-corrected chi connectivity index (χ0v) is 14.8. The maximum atomic E-state index is 12.1. The Hall–Kier alpha value is -2.53. The van der Waals surface area contributed by atoms with Gasteiger partial charge in [-0.15, -0.1) is 0 Å². The molecule has 1 aliphatic heterocycles. The van der Waals surface area contributed by atoms with Crippen molar-refractivity contribution >= 4 is 33.7 Å². The zero-order valence-electron chi connectivity index (χ0n) is 13.2. The molecule has 4 nitrogen and oxygen atoms in total. The Labute approximate surface area is 148 Å². The van der Waals surface area contributed by atoms with Crippen LogP contribution in [-0.4, -0.2) is 20.2 Å². The van der Waals surface area contributed by atoms with Crippen molar-refractivity contribution in [1.29, 1.82) is 0 Å². The number of cyclic esters (lactones) is 1. The third-order valence-electron chi connectivity index (χ3n) is 3.56. The highest BCUT2D eigenvalue weighted by molar-refractivity contribution is 9.10. The van der Waals surface area contributed by atoms with Gasteiger partial charge in [0.15, 0.2) is 11.5 Å². The SMILES string of the molecule is COc1ccc(C2=C/C(=C\c3cccc(Br)c3)C(=O)O2)cc1OC. The number of carbonyl (C=O) groups is 1. The molecule has 0 saturated carbocycles. The molecule has 0 spiro atoms. The molecule has 0 amide bonds. The topological polar surface area (TPSA) is 44.8 Å². The predicted octanol–water partition coefficient (Wildman–Crippen LogP) is 4.45. The van der Waals surface area contributed by atoms with E-state index < -0.39 is 0 Å². The summed E-state index contributed by atoms with van der Waals surface area (Å²) in [5, 5.41) is 0. The Morgan fingerprint density at radius 2 is 1.83 bits per heavy atom. The Kier molecular flexibility index (Phi) is 4.71. The summed E-state index contributed by atoms with van der Waals surface area (Å²) in [5.41, 5.74) is 2.16. The molecule has 0 aliphatic carbocycles. The van der Waals surface area contributed by atoms with Gasteiger partial charge < -0.3 is 14.2 Å². The predicted molar refractivity (Wildman–Crippen MR) is 95.7 cm³/mol. The Balaban J connectivity index is 1.94. The van der Waals surface area contributed by atoms with E-state index in [1.54, 1.807) is 38.5 Å². The van der Waals surface area contributed by atoms with Crippen LogP contribution in [0.3, 0.4) is 0 Å². The average molecular weight is 387 g/mol. The van der Waals surface area contributed by atoms with Crippen molar-refractivity contribution in [2.24, 2.45) is 0 Å². The Morgan fingerprint density at radius 1 is 1.04 bits per heavy atom. The number of hydrogen-bond donors (Lipinski definition) is 0. The monoisotopic (exact) mass is 386 g/mol. The lowest BCUT2D eigenvalue weighted by atomic mass is 10.1. The number of benzene rings is 2. The molecule has 0 N–H and O–H groups in total. The summed E-state index contributed by atoms with van der Waals surface area (Å²) in [7, 11) is 3.14. The number of hydrogen-bond acceptors (Lipinski definition) is 4. The second-order valence-corrected chi connectivity index (χ2v) is 6.04. The molecule has 3 rings (SSSR count). The van der Waals surface area contributed by atoms with Gasteiger partial charge in [0, 0.05) is 10.0 Å². The molecule has 122 valence electrons. The van der Waals surface area contributed by atoms with E-state index in [1.807, 2.05) is 30.3 Å². The van der Waals surface area contributed by atoms with Gasteiger partial charge >= 0.3 is 5.97 Å². The lowest BCUT2D eigenvalue weighted by Crippen LogP contribution is -1.98. The zero-order chi connectivity index (χ0) is 17.1. The van der Waals surface area contributed by atoms with Crippen LogP contribution in [0.25, 0.3) is 11.8 Å². The molecule has 0 bridgehead atoms. The molecule has 24 heavy (non-hydrogen) atoms. The van der Waals surface area contributed by atoms with Gasteiger partial charge in [-0.25, -0.2) is 4.79 Å². The van der Waals surface area contributed by atoms with Crippen LogP contribution in [0.1, 0.15) is 11.1 Å². The molecular weight excluding hydrogens is 372 g/mol. The molecule has 0 atom stereocenters. The van der Waals surface area contributed by atoms with E-state index >= 15 is 0 Å². The van der Waals surface area contributed by atoms with Crippen LogP contribution in [0, 0.1) is 0 Å². The van der Waals surface area contributed by atoms with Crippen LogP contribution in [-0.2, 0) is 9.53 Å². The average Bonchev–Trinajstić information content (AvgIpc) is 2.95. The minimum absolute atomic E-state index is 0.375. The molecule has 0 saturated heterocycles. The smallest absolute Gasteiger partial charge is 0.343 e. The second kappa shape index (κ2) is 6.93. The minimum atomic E-state index is -0.375. The summed E-state index contributed by atoms with van der Waals surface area (Å²) >= 11 is 3.42. The molecule has 0 radical (unpaired) electrons. The third kappa shape index (κ3) is 3.36. The standard InChI is InChI=1S/C19H15BrO4/c1-22-16-7-6-13(10-18(16)23-2)17-11-14(19(21)24-17)8-12-4-3-5-15(20)9-12/h3-11H,1-2H3/b14-8+. The number of halogens is 1. The molecule has 2 aromatic carbocycles. The maximum Gasteiger partial charge on any atom is 0.343 e. The van der Waals surface area contributed by atoms with E-state index in [4.69, 9.17) is 14.2 Å². The highest BCUT2D eigenvalue weighted by atomic mass is 79.9. The first-order valence-corrected chi connectivity index (χ1v) is 8.03. The highest BCUT2D eigenvalue weighted by Gasteiger charge is 2.22. The van der Waals surface area contributed by atoms with Crippen molar-refractivity contribution in [1.82, 2.24) is 0 Å². The first kappa shape index (κ1) is 16.3. The minimum Gasteiger partial charge on any atom is -0.493 e. The lowest BCUT2D eigenvalue weighted by molar-refractivity contribution is -0.130. The molecule has 1 aliphatic rings. The summed E-state index contributed by atoms with van der Waals surface area (Å²) in [6.07, 6.45) is 3.52. The van der Waals surface area contributed by atoms with E-state index in [-0.39, 0.29) is 5.97 Å². The maximum absolute atomic E-state index is 12.1. The summed E-state index contributed by atoms with van der Waals surface area (Å²) in [5.74, 6) is 1.31. The number of carbonyl (C=O) groups excluding carboxylic acids is 1. The fraction of sp³-hybridized carbons (Fsp3) is 0.105. The van der Waals surface area contributed by atoms with E-state index in [1.165, 1.54) is 0 Å².